The molecule has 1 saturated carbocycles. The first-order chi connectivity index (χ1) is 7.92. The SMILES string of the molecule is C1CN=C(NCC2CCN(C3CC3)C2)NC1. The van der Waals surface area contributed by atoms with E-state index in [4.69, 9.17) is 0 Å². The van der Waals surface area contributed by atoms with Gasteiger partial charge in [-0.25, -0.2) is 0 Å². The van der Waals surface area contributed by atoms with Crippen LogP contribution in [0.4, 0.5) is 0 Å². The van der Waals surface area contributed by atoms with Crippen LogP contribution in [0.3, 0.4) is 0 Å². The molecule has 1 unspecified atom stereocenters. The molecule has 2 heterocycles. The molecule has 2 fully saturated rings. The van der Waals surface area contributed by atoms with E-state index in [0.29, 0.717) is 0 Å². The number of rotatable bonds is 3. The Bertz CT molecular complexity index is 272. The predicted octanol–water partition coefficient (Wildman–Crippen LogP) is 0.410. The van der Waals surface area contributed by atoms with Crippen molar-refractivity contribution in [2.75, 3.05) is 32.7 Å². The molecule has 0 aromatic rings. The number of nitrogens with zero attached hydrogens (tertiary/aromatic N) is 2. The first kappa shape index (κ1) is 10.4. The summed E-state index contributed by atoms with van der Waals surface area (Å²) < 4.78 is 0. The Morgan fingerprint density at radius 1 is 1.38 bits per heavy atom. The molecule has 2 aliphatic heterocycles. The van der Waals surface area contributed by atoms with Crippen LogP contribution in [0.2, 0.25) is 0 Å². The topological polar surface area (TPSA) is 39.7 Å². The van der Waals surface area contributed by atoms with Crippen LogP contribution in [0, 0.1) is 5.92 Å². The van der Waals surface area contributed by atoms with Crippen LogP contribution in [-0.4, -0.2) is 49.6 Å². The van der Waals surface area contributed by atoms with Crippen molar-refractivity contribution in [3.8, 4) is 0 Å². The third-order valence-electron chi connectivity index (χ3n) is 3.84. The lowest BCUT2D eigenvalue weighted by atomic mass is 10.1. The zero-order valence-corrected chi connectivity index (χ0v) is 9.91. The molecule has 2 N–H and O–H groups in total. The van der Waals surface area contributed by atoms with Gasteiger partial charge in [0.2, 0.25) is 0 Å². The van der Waals surface area contributed by atoms with Crippen molar-refractivity contribution in [1.29, 1.82) is 0 Å². The van der Waals surface area contributed by atoms with Gasteiger partial charge in [0.1, 0.15) is 0 Å². The molecule has 4 nitrogen and oxygen atoms in total. The molecule has 0 aromatic carbocycles. The third kappa shape index (κ3) is 2.48. The van der Waals surface area contributed by atoms with Gasteiger partial charge in [-0.05, 0) is 38.1 Å². The summed E-state index contributed by atoms with van der Waals surface area (Å²) in [6.45, 7) is 5.76. The Balaban J connectivity index is 1.40. The van der Waals surface area contributed by atoms with Gasteiger partial charge in [0, 0.05) is 32.2 Å². The molecule has 0 bridgehead atoms. The van der Waals surface area contributed by atoms with Gasteiger partial charge in [-0.3, -0.25) is 4.99 Å². The van der Waals surface area contributed by atoms with Gasteiger partial charge in [-0.2, -0.15) is 0 Å². The molecular formula is C12H22N4. The van der Waals surface area contributed by atoms with Gasteiger partial charge < -0.3 is 15.5 Å². The fourth-order valence-electron chi connectivity index (χ4n) is 2.69. The van der Waals surface area contributed by atoms with E-state index in [2.05, 4.69) is 20.5 Å². The summed E-state index contributed by atoms with van der Waals surface area (Å²) in [5.74, 6) is 1.85. The predicted molar refractivity (Wildman–Crippen MR) is 65.6 cm³/mol. The molecule has 0 radical (unpaired) electrons. The normalized spacial score (nSPS) is 31.0. The molecule has 1 aliphatic carbocycles. The van der Waals surface area contributed by atoms with Gasteiger partial charge in [-0.15, -0.1) is 0 Å². The zero-order valence-electron chi connectivity index (χ0n) is 9.91. The monoisotopic (exact) mass is 222 g/mol. The van der Waals surface area contributed by atoms with Gasteiger partial charge in [0.25, 0.3) is 0 Å². The summed E-state index contributed by atoms with van der Waals surface area (Å²) in [7, 11) is 0. The van der Waals surface area contributed by atoms with E-state index in [-0.39, 0.29) is 0 Å². The minimum Gasteiger partial charge on any atom is -0.356 e. The molecule has 16 heavy (non-hydrogen) atoms. The van der Waals surface area contributed by atoms with Gasteiger partial charge >= 0.3 is 0 Å². The van der Waals surface area contributed by atoms with E-state index >= 15 is 0 Å². The second-order valence-corrected chi connectivity index (χ2v) is 5.27. The van der Waals surface area contributed by atoms with E-state index in [1.54, 1.807) is 0 Å². The molecule has 1 atom stereocenters. The van der Waals surface area contributed by atoms with Gasteiger partial charge in [0.15, 0.2) is 5.96 Å². The van der Waals surface area contributed by atoms with Crippen LogP contribution >= 0.6 is 0 Å². The molecule has 1 saturated heterocycles. The van der Waals surface area contributed by atoms with E-state index in [0.717, 1.165) is 37.6 Å². The van der Waals surface area contributed by atoms with Crippen molar-refractivity contribution in [3.05, 3.63) is 0 Å². The van der Waals surface area contributed by atoms with Crippen molar-refractivity contribution in [1.82, 2.24) is 15.5 Å². The van der Waals surface area contributed by atoms with Crippen molar-refractivity contribution in [2.24, 2.45) is 10.9 Å². The van der Waals surface area contributed by atoms with E-state index < -0.39 is 0 Å². The highest BCUT2D eigenvalue weighted by atomic mass is 15.2. The van der Waals surface area contributed by atoms with Crippen molar-refractivity contribution >= 4 is 5.96 Å². The fourth-order valence-corrected chi connectivity index (χ4v) is 2.69. The van der Waals surface area contributed by atoms with Crippen LogP contribution in [-0.2, 0) is 0 Å². The number of hydrogen-bond donors (Lipinski definition) is 2. The summed E-state index contributed by atoms with van der Waals surface area (Å²) in [5, 5.41) is 6.77. The maximum atomic E-state index is 4.44. The Morgan fingerprint density at radius 2 is 2.31 bits per heavy atom. The number of aliphatic imine (C=N–C) groups is 1. The highest BCUT2D eigenvalue weighted by molar-refractivity contribution is 5.80. The Morgan fingerprint density at radius 3 is 3.06 bits per heavy atom. The summed E-state index contributed by atoms with van der Waals surface area (Å²) in [5.41, 5.74) is 0. The summed E-state index contributed by atoms with van der Waals surface area (Å²) >= 11 is 0. The lowest BCUT2D eigenvalue weighted by Crippen LogP contribution is -2.43. The number of guanidine groups is 1. The second-order valence-electron chi connectivity index (χ2n) is 5.27. The first-order valence-corrected chi connectivity index (χ1v) is 6.68. The summed E-state index contributed by atoms with van der Waals surface area (Å²) in [6, 6.07) is 0.940. The molecule has 3 aliphatic rings. The largest absolute Gasteiger partial charge is 0.356 e. The van der Waals surface area contributed by atoms with Crippen LogP contribution in [0.25, 0.3) is 0 Å². The lowest BCUT2D eigenvalue weighted by molar-refractivity contribution is 0.314. The second kappa shape index (κ2) is 4.62. The van der Waals surface area contributed by atoms with Gasteiger partial charge in [-0.1, -0.05) is 0 Å². The molecule has 0 amide bonds. The number of likely N-dealkylation sites (tertiary alicyclic amines) is 1. The molecule has 0 aromatic heterocycles. The van der Waals surface area contributed by atoms with Crippen LogP contribution in [0.15, 0.2) is 4.99 Å². The fraction of sp³-hybridized carbons (Fsp3) is 0.917. The summed E-state index contributed by atoms with van der Waals surface area (Å²) in [6.07, 6.45) is 5.41. The highest BCUT2D eigenvalue weighted by Gasteiger charge is 2.34. The average molecular weight is 222 g/mol. The van der Waals surface area contributed by atoms with Crippen molar-refractivity contribution in [3.63, 3.8) is 0 Å². The third-order valence-corrected chi connectivity index (χ3v) is 3.84. The zero-order chi connectivity index (χ0) is 10.8. The minimum atomic E-state index is 0.826. The first-order valence-electron chi connectivity index (χ1n) is 6.68. The lowest BCUT2D eigenvalue weighted by Gasteiger charge is -2.19. The van der Waals surface area contributed by atoms with E-state index in [1.807, 2.05) is 0 Å². The molecule has 4 heteroatoms. The Hall–Kier alpha value is -0.770. The van der Waals surface area contributed by atoms with Crippen molar-refractivity contribution in [2.45, 2.75) is 31.7 Å². The minimum absolute atomic E-state index is 0.826. The van der Waals surface area contributed by atoms with E-state index in [1.165, 1.54) is 38.8 Å². The van der Waals surface area contributed by atoms with Gasteiger partial charge in [0.05, 0.1) is 0 Å². The molecule has 90 valence electrons. The van der Waals surface area contributed by atoms with Crippen molar-refractivity contribution < 1.29 is 0 Å². The smallest absolute Gasteiger partial charge is 0.191 e. The standard InChI is InChI=1S/C12H22N4/c1-5-13-12(14-6-1)15-8-10-4-7-16(9-10)11-2-3-11/h10-11H,1-9H2,(H2,13,14,15). The van der Waals surface area contributed by atoms with Crippen LogP contribution in [0.5, 0.6) is 0 Å². The Kier molecular flexibility index (Phi) is 3.00. The quantitative estimate of drug-likeness (QED) is 0.726. The molecule has 3 rings (SSSR count). The molecule has 0 spiro atoms. The summed E-state index contributed by atoms with van der Waals surface area (Å²) in [4.78, 5) is 7.11. The van der Waals surface area contributed by atoms with Crippen LogP contribution in [0.1, 0.15) is 25.7 Å². The Labute approximate surface area is 97.5 Å². The number of nitrogens with one attached hydrogen (secondary N) is 2. The maximum absolute atomic E-state index is 4.44. The molecular weight excluding hydrogens is 200 g/mol. The highest BCUT2D eigenvalue weighted by Crippen LogP contribution is 2.31. The van der Waals surface area contributed by atoms with Crippen LogP contribution < -0.4 is 10.6 Å². The maximum Gasteiger partial charge on any atom is 0.191 e. The van der Waals surface area contributed by atoms with E-state index in [9.17, 15) is 0 Å². The number of hydrogen-bond acceptors (Lipinski definition) is 4. The average Bonchev–Trinajstić information content (AvgIpc) is 3.08.